The van der Waals surface area contributed by atoms with E-state index < -0.39 is 0 Å². The second kappa shape index (κ2) is 3.81. The van der Waals surface area contributed by atoms with Gasteiger partial charge >= 0.3 is 0 Å². The van der Waals surface area contributed by atoms with Gasteiger partial charge in [0.15, 0.2) is 0 Å². The van der Waals surface area contributed by atoms with Gasteiger partial charge in [-0.25, -0.2) is 4.39 Å². The van der Waals surface area contributed by atoms with Crippen molar-refractivity contribution in [2.24, 2.45) is 5.73 Å². The number of phenols is 1. The third-order valence-electron chi connectivity index (χ3n) is 3.46. The zero-order valence-electron chi connectivity index (χ0n) is 8.67. The smallest absolute Gasteiger partial charge is 0.130 e. The van der Waals surface area contributed by atoms with Crippen LogP contribution in [0.5, 0.6) is 5.75 Å². The Morgan fingerprint density at radius 2 is 2.13 bits per heavy atom. The van der Waals surface area contributed by atoms with Crippen LogP contribution in [0.3, 0.4) is 0 Å². The number of aromatic hydroxyl groups is 1. The Bertz CT molecular complexity index is 361. The molecule has 0 aliphatic heterocycles. The van der Waals surface area contributed by atoms with Crippen LogP contribution in [-0.2, 0) is 5.41 Å². The van der Waals surface area contributed by atoms with Gasteiger partial charge in [-0.15, -0.1) is 0 Å². The van der Waals surface area contributed by atoms with Gasteiger partial charge in [0.1, 0.15) is 11.6 Å². The van der Waals surface area contributed by atoms with Crippen molar-refractivity contribution in [1.29, 1.82) is 0 Å². The molecule has 1 fully saturated rings. The van der Waals surface area contributed by atoms with E-state index in [-0.39, 0.29) is 17.0 Å². The predicted octanol–water partition coefficient (Wildman–Crippen LogP) is 2.30. The summed E-state index contributed by atoms with van der Waals surface area (Å²) in [6.07, 6.45) is 3.98. The average molecular weight is 209 g/mol. The van der Waals surface area contributed by atoms with Crippen LogP contribution >= 0.6 is 0 Å². The number of nitrogens with two attached hydrogens (primary N) is 1. The van der Waals surface area contributed by atoms with Crippen LogP contribution < -0.4 is 5.73 Å². The van der Waals surface area contributed by atoms with Gasteiger partial charge in [0.2, 0.25) is 0 Å². The maximum absolute atomic E-state index is 13.7. The molecule has 0 spiro atoms. The van der Waals surface area contributed by atoms with E-state index in [0.717, 1.165) is 31.2 Å². The van der Waals surface area contributed by atoms with Crippen molar-refractivity contribution in [3.63, 3.8) is 0 Å². The quantitative estimate of drug-likeness (QED) is 0.802. The summed E-state index contributed by atoms with van der Waals surface area (Å²) < 4.78 is 13.7. The fraction of sp³-hybridized carbons (Fsp3) is 0.500. The molecule has 2 nitrogen and oxygen atoms in total. The molecule has 15 heavy (non-hydrogen) atoms. The van der Waals surface area contributed by atoms with Gasteiger partial charge in [0, 0.05) is 6.07 Å². The lowest BCUT2D eigenvalue weighted by atomic mass is 9.62. The third-order valence-corrected chi connectivity index (χ3v) is 3.46. The molecule has 0 unspecified atom stereocenters. The molecule has 1 aliphatic rings. The van der Waals surface area contributed by atoms with Crippen molar-refractivity contribution in [3.05, 3.63) is 29.6 Å². The molecule has 3 heteroatoms. The molecule has 0 amide bonds. The molecule has 0 aromatic heterocycles. The highest BCUT2D eigenvalue weighted by Gasteiger charge is 2.39. The van der Waals surface area contributed by atoms with E-state index in [9.17, 15) is 4.39 Å². The predicted molar refractivity (Wildman–Crippen MR) is 57.3 cm³/mol. The molecule has 82 valence electrons. The summed E-state index contributed by atoms with van der Waals surface area (Å²) in [6, 6.07) is 4.43. The molecule has 0 bridgehead atoms. The highest BCUT2D eigenvalue weighted by Crippen LogP contribution is 2.47. The highest BCUT2D eigenvalue weighted by molar-refractivity contribution is 5.34. The van der Waals surface area contributed by atoms with E-state index in [4.69, 9.17) is 10.8 Å². The number of hydrogen-bond donors (Lipinski definition) is 2. The molecule has 0 radical (unpaired) electrons. The fourth-order valence-corrected chi connectivity index (χ4v) is 2.47. The number of benzene rings is 1. The zero-order chi connectivity index (χ0) is 10.9. The van der Waals surface area contributed by atoms with Gasteiger partial charge in [0.05, 0.1) is 0 Å². The molecular weight excluding hydrogens is 193 g/mol. The molecule has 1 aliphatic carbocycles. The van der Waals surface area contributed by atoms with Crippen molar-refractivity contribution >= 4 is 0 Å². The molecule has 1 saturated carbocycles. The lowest BCUT2D eigenvalue weighted by Crippen LogP contribution is -2.37. The Labute approximate surface area is 88.9 Å². The second-order valence-corrected chi connectivity index (χ2v) is 4.34. The number of hydrogen-bond acceptors (Lipinski definition) is 2. The van der Waals surface area contributed by atoms with Crippen molar-refractivity contribution in [3.8, 4) is 5.75 Å². The van der Waals surface area contributed by atoms with Crippen molar-refractivity contribution in [1.82, 2.24) is 0 Å². The van der Waals surface area contributed by atoms with Crippen LogP contribution in [0, 0.1) is 5.82 Å². The van der Waals surface area contributed by atoms with E-state index in [1.807, 2.05) is 0 Å². The normalized spacial score (nSPS) is 18.5. The maximum atomic E-state index is 13.7. The average Bonchev–Trinajstić information content (AvgIpc) is 2.12. The third kappa shape index (κ3) is 1.72. The first-order valence-electron chi connectivity index (χ1n) is 5.37. The first kappa shape index (κ1) is 10.4. The van der Waals surface area contributed by atoms with Gasteiger partial charge in [-0.05, 0) is 42.9 Å². The molecule has 0 atom stereocenters. The summed E-state index contributed by atoms with van der Waals surface area (Å²) in [7, 11) is 0. The SMILES string of the molecule is NCCC1(c2ccc(O)cc2F)CCC1. The molecule has 1 aromatic rings. The Kier molecular flexibility index (Phi) is 2.65. The molecule has 0 heterocycles. The maximum Gasteiger partial charge on any atom is 0.130 e. The second-order valence-electron chi connectivity index (χ2n) is 4.34. The number of phenolic OH excluding ortho intramolecular Hbond substituents is 1. The minimum absolute atomic E-state index is 0.0153. The van der Waals surface area contributed by atoms with Crippen molar-refractivity contribution in [2.75, 3.05) is 6.54 Å². The monoisotopic (exact) mass is 209 g/mol. The largest absolute Gasteiger partial charge is 0.508 e. The highest BCUT2D eigenvalue weighted by atomic mass is 19.1. The first-order valence-corrected chi connectivity index (χ1v) is 5.37. The summed E-state index contributed by atoms with van der Waals surface area (Å²) in [4.78, 5) is 0. The van der Waals surface area contributed by atoms with Crippen LogP contribution in [-0.4, -0.2) is 11.7 Å². The summed E-state index contributed by atoms with van der Waals surface area (Å²) in [5, 5.41) is 9.16. The number of rotatable bonds is 3. The molecule has 1 aromatic carbocycles. The summed E-state index contributed by atoms with van der Waals surface area (Å²) in [5.74, 6) is -0.318. The summed E-state index contributed by atoms with van der Waals surface area (Å²) >= 11 is 0. The van der Waals surface area contributed by atoms with Gasteiger partial charge in [-0.2, -0.15) is 0 Å². The summed E-state index contributed by atoms with van der Waals surface area (Å²) in [6.45, 7) is 0.584. The van der Waals surface area contributed by atoms with Crippen molar-refractivity contribution in [2.45, 2.75) is 31.1 Å². The van der Waals surface area contributed by atoms with Crippen LogP contribution in [0.15, 0.2) is 18.2 Å². The van der Waals surface area contributed by atoms with E-state index in [2.05, 4.69) is 0 Å². The Morgan fingerprint density at radius 3 is 2.60 bits per heavy atom. The topological polar surface area (TPSA) is 46.2 Å². The fourth-order valence-electron chi connectivity index (χ4n) is 2.47. The Morgan fingerprint density at radius 1 is 1.40 bits per heavy atom. The van der Waals surface area contributed by atoms with E-state index in [1.54, 1.807) is 12.1 Å². The molecular formula is C12H16FNO. The standard InChI is InChI=1S/C12H16FNO/c13-11-8-9(15)2-3-10(11)12(6-7-14)4-1-5-12/h2-3,8,15H,1,4-7,14H2. The van der Waals surface area contributed by atoms with Gasteiger partial charge in [-0.1, -0.05) is 12.5 Å². The molecule has 2 rings (SSSR count). The van der Waals surface area contributed by atoms with Crippen LogP contribution in [0.2, 0.25) is 0 Å². The van der Waals surface area contributed by atoms with Gasteiger partial charge < -0.3 is 10.8 Å². The molecule has 3 N–H and O–H groups in total. The lowest BCUT2D eigenvalue weighted by molar-refractivity contribution is 0.221. The number of halogens is 1. The van der Waals surface area contributed by atoms with Gasteiger partial charge in [-0.3, -0.25) is 0 Å². The lowest BCUT2D eigenvalue weighted by Gasteiger charge is -2.42. The summed E-state index contributed by atoms with van der Waals surface area (Å²) in [5.41, 5.74) is 6.23. The Hall–Kier alpha value is -1.09. The van der Waals surface area contributed by atoms with Crippen LogP contribution in [0.1, 0.15) is 31.2 Å². The molecule has 0 saturated heterocycles. The minimum atomic E-state index is -0.303. The van der Waals surface area contributed by atoms with Crippen LogP contribution in [0.4, 0.5) is 4.39 Å². The van der Waals surface area contributed by atoms with E-state index in [1.165, 1.54) is 6.07 Å². The Balaban J connectivity index is 2.34. The van der Waals surface area contributed by atoms with E-state index in [0.29, 0.717) is 6.54 Å². The van der Waals surface area contributed by atoms with Crippen molar-refractivity contribution < 1.29 is 9.50 Å². The zero-order valence-corrected chi connectivity index (χ0v) is 8.67. The first-order chi connectivity index (χ1) is 7.18. The van der Waals surface area contributed by atoms with Gasteiger partial charge in [0.25, 0.3) is 0 Å². The van der Waals surface area contributed by atoms with E-state index >= 15 is 0 Å². The van der Waals surface area contributed by atoms with Crippen LogP contribution in [0.25, 0.3) is 0 Å². The minimum Gasteiger partial charge on any atom is -0.508 e.